The maximum absolute atomic E-state index is 12.9. The van der Waals surface area contributed by atoms with Crippen LogP contribution < -0.4 is 0 Å². The Bertz CT molecular complexity index is 1190. The van der Waals surface area contributed by atoms with Gasteiger partial charge in [0.15, 0.2) is 6.10 Å². The van der Waals surface area contributed by atoms with Crippen molar-refractivity contribution >= 4 is 17.9 Å². The Labute approximate surface area is 462 Å². The molecule has 0 bridgehead atoms. The van der Waals surface area contributed by atoms with Crippen LogP contribution in [-0.4, -0.2) is 37.2 Å². The van der Waals surface area contributed by atoms with E-state index in [1.165, 1.54) is 263 Å². The molecular formula is C68H128O6. The molecule has 0 saturated heterocycles. The van der Waals surface area contributed by atoms with Crippen molar-refractivity contribution in [3.63, 3.8) is 0 Å². The maximum Gasteiger partial charge on any atom is 0.306 e. The summed E-state index contributed by atoms with van der Waals surface area (Å²) in [5, 5.41) is 0. The first-order valence-electron chi connectivity index (χ1n) is 33.3. The zero-order valence-electron chi connectivity index (χ0n) is 50.1. The smallest absolute Gasteiger partial charge is 0.306 e. The van der Waals surface area contributed by atoms with E-state index >= 15 is 0 Å². The number of carbonyl (C=O) groups is 3. The van der Waals surface area contributed by atoms with Crippen LogP contribution in [-0.2, 0) is 28.6 Å². The second-order valence-corrected chi connectivity index (χ2v) is 22.7. The Morgan fingerprint density at radius 3 is 0.730 bits per heavy atom. The molecule has 0 aromatic carbocycles. The number of esters is 3. The first kappa shape index (κ1) is 71.9. The van der Waals surface area contributed by atoms with Crippen LogP contribution in [0.5, 0.6) is 0 Å². The molecule has 0 fully saturated rings. The molecule has 0 spiro atoms. The summed E-state index contributed by atoms with van der Waals surface area (Å²) < 4.78 is 16.9. The lowest BCUT2D eigenvalue weighted by Gasteiger charge is -2.18. The summed E-state index contributed by atoms with van der Waals surface area (Å²) >= 11 is 0. The summed E-state index contributed by atoms with van der Waals surface area (Å²) in [5.74, 6) is -0.855. The Morgan fingerprint density at radius 2 is 0.473 bits per heavy atom. The van der Waals surface area contributed by atoms with E-state index in [-0.39, 0.29) is 31.1 Å². The van der Waals surface area contributed by atoms with Gasteiger partial charge in [-0.15, -0.1) is 0 Å². The van der Waals surface area contributed by atoms with Crippen molar-refractivity contribution in [2.75, 3.05) is 13.2 Å². The van der Waals surface area contributed by atoms with Crippen LogP contribution >= 0.6 is 0 Å². The van der Waals surface area contributed by atoms with Crippen LogP contribution in [0.25, 0.3) is 0 Å². The molecule has 0 aliphatic carbocycles. The molecule has 74 heavy (non-hydrogen) atoms. The number of rotatable bonds is 62. The lowest BCUT2D eigenvalue weighted by atomic mass is 10.0. The van der Waals surface area contributed by atoms with Gasteiger partial charge in [0.1, 0.15) is 13.2 Å². The highest BCUT2D eigenvalue weighted by atomic mass is 16.6. The quantitative estimate of drug-likeness (QED) is 0.0261. The van der Waals surface area contributed by atoms with Crippen LogP contribution in [0, 0.1) is 0 Å². The molecule has 6 nitrogen and oxygen atoms in total. The van der Waals surface area contributed by atoms with E-state index in [0.717, 1.165) is 70.6 Å². The molecule has 0 heterocycles. The van der Waals surface area contributed by atoms with Gasteiger partial charge in [0, 0.05) is 19.3 Å². The predicted molar refractivity (Wildman–Crippen MR) is 321 cm³/mol. The molecule has 0 rings (SSSR count). The second-order valence-electron chi connectivity index (χ2n) is 22.7. The van der Waals surface area contributed by atoms with E-state index in [9.17, 15) is 14.4 Å². The van der Waals surface area contributed by atoms with Crippen LogP contribution in [0.15, 0.2) is 24.3 Å². The number of ether oxygens (including phenoxy) is 3. The average Bonchev–Trinajstić information content (AvgIpc) is 3.40. The molecule has 0 aromatic rings. The van der Waals surface area contributed by atoms with E-state index in [1.807, 2.05) is 0 Å². The summed E-state index contributed by atoms with van der Waals surface area (Å²) in [6.07, 6.45) is 76.4. The molecule has 0 aromatic heterocycles. The van der Waals surface area contributed by atoms with Gasteiger partial charge < -0.3 is 14.2 Å². The minimum absolute atomic E-state index is 0.0694. The highest BCUT2D eigenvalue weighted by Crippen LogP contribution is 2.18. The zero-order valence-corrected chi connectivity index (χ0v) is 50.1. The fourth-order valence-electron chi connectivity index (χ4n) is 10.2. The lowest BCUT2D eigenvalue weighted by Crippen LogP contribution is -2.30. The van der Waals surface area contributed by atoms with Crippen molar-refractivity contribution in [2.24, 2.45) is 0 Å². The third kappa shape index (κ3) is 60.8. The van der Waals surface area contributed by atoms with Crippen molar-refractivity contribution in [3.05, 3.63) is 24.3 Å². The summed E-state index contributed by atoms with van der Waals surface area (Å²) in [5.41, 5.74) is 0. The molecule has 0 aliphatic rings. The number of hydrogen-bond acceptors (Lipinski definition) is 6. The fourth-order valence-corrected chi connectivity index (χ4v) is 10.2. The van der Waals surface area contributed by atoms with E-state index in [1.54, 1.807) is 0 Å². The lowest BCUT2D eigenvalue weighted by molar-refractivity contribution is -0.167. The molecule has 0 amide bonds. The normalized spacial score (nSPS) is 12.1. The molecule has 1 unspecified atom stereocenters. The van der Waals surface area contributed by atoms with Gasteiger partial charge in [-0.3, -0.25) is 14.4 Å². The third-order valence-corrected chi connectivity index (χ3v) is 15.2. The van der Waals surface area contributed by atoms with Crippen molar-refractivity contribution in [1.82, 2.24) is 0 Å². The molecule has 6 heteroatoms. The fraction of sp³-hybridized carbons (Fsp3) is 0.897. The summed E-state index contributed by atoms with van der Waals surface area (Å²) in [6, 6.07) is 0. The first-order valence-corrected chi connectivity index (χ1v) is 33.3. The van der Waals surface area contributed by atoms with Crippen molar-refractivity contribution in [1.29, 1.82) is 0 Å². The Hall–Kier alpha value is -2.11. The summed E-state index contributed by atoms with van der Waals surface area (Å²) in [4.78, 5) is 38.2. The van der Waals surface area contributed by atoms with Gasteiger partial charge >= 0.3 is 17.9 Å². The average molecular weight is 1040 g/mol. The minimum atomic E-state index is -0.771. The first-order chi connectivity index (χ1) is 36.5. The van der Waals surface area contributed by atoms with Crippen LogP contribution in [0.3, 0.4) is 0 Å². The number of unbranched alkanes of at least 4 members (excludes halogenated alkanes) is 47. The van der Waals surface area contributed by atoms with Gasteiger partial charge in [-0.05, 0) is 64.2 Å². The van der Waals surface area contributed by atoms with E-state index < -0.39 is 6.10 Å². The van der Waals surface area contributed by atoms with Gasteiger partial charge in [-0.25, -0.2) is 0 Å². The van der Waals surface area contributed by atoms with E-state index in [0.29, 0.717) is 19.3 Å². The summed E-state index contributed by atoms with van der Waals surface area (Å²) in [6.45, 7) is 6.64. The number of hydrogen-bond donors (Lipinski definition) is 0. The molecule has 1 atom stereocenters. The number of allylic oxidation sites excluding steroid dienone is 4. The Kier molecular flexibility index (Phi) is 61.6. The van der Waals surface area contributed by atoms with Gasteiger partial charge in [0.2, 0.25) is 0 Å². The Morgan fingerprint density at radius 1 is 0.257 bits per heavy atom. The van der Waals surface area contributed by atoms with Gasteiger partial charge in [-0.2, -0.15) is 0 Å². The van der Waals surface area contributed by atoms with Crippen LogP contribution in [0.2, 0.25) is 0 Å². The van der Waals surface area contributed by atoms with Gasteiger partial charge in [-0.1, -0.05) is 315 Å². The monoisotopic (exact) mass is 1040 g/mol. The van der Waals surface area contributed by atoms with E-state index in [2.05, 4.69) is 45.1 Å². The molecule has 0 saturated carbocycles. The highest BCUT2D eigenvalue weighted by molar-refractivity contribution is 5.71. The zero-order chi connectivity index (χ0) is 53.6. The molecule has 436 valence electrons. The molecule has 0 N–H and O–H groups in total. The van der Waals surface area contributed by atoms with Crippen LogP contribution in [0.1, 0.15) is 374 Å². The highest BCUT2D eigenvalue weighted by Gasteiger charge is 2.19. The standard InChI is InChI=1S/C68H128O6/c1-4-7-10-13-16-19-22-24-26-28-30-32-34-36-38-40-42-44-46-49-52-55-58-61-67(70)73-64-65(63-72-66(69)60-57-54-51-48-21-18-15-12-9-6-3)74-68(71)62-59-56-53-50-47-45-43-41-39-37-35-33-31-29-27-25-23-20-17-14-11-8-5-2/h12,15,28,30,65H,4-11,13-14,16-27,29,31-64H2,1-3H3/b15-12-,30-28-. The number of carbonyl (C=O) groups excluding carboxylic acids is 3. The van der Waals surface area contributed by atoms with Crippen molar-refractivity contribution in [3.8, 4) is 0 Å². The topological polar surface area (TPSA) is 78.9 Å². The molecular weight excluding hydrogens is 913 g/mol. The maximum atomic E-state index is 12.9. The third-order valence-electron chi connectivity index (χ3n) is 15.2. The minimum Gasteiger partial charge on any atom is -0.462 e. The Balaban J connectivity index is 4.17. The van der Waals surface area contributed by atoms with E-state index in [4.69, 9.17) is 14.2 Å². The molecule has 0 aliphatic heterocycles. The van der Waals surface area contributed by atoms with Crippen molar-refractivity contribution < 1.29 is 28.6 Å². The van der Waals surface area contributed by atoms with Crippen LogP contribution in [0.4, 0.5) is 0 Å². The van der Waals surface area contributed by atoms with Crippen molar-refractivity contribution in [2.45, 2.75) is 380 Å². The van der Waals surface area contributed by atoms with Gasteiger partial charge in [0.05, 0.1) is 0 Å². The SMILES string of the molecule is CCC/C=C\CCCCCCCC(=O)OCC(COC(=O)CCCCCCCCCCCCC/C=C\CCCCCCCCCC)OC(=O)CCCCCCCCCCCCCCCCCCCCCCCCC. The van der Waals surface area contributed by atoms with Gasteiger partial charge in [0.25, 0.3) is 0 Å². The predicted octanol–water partition coefficient (Wildman–Crippen LogP) is 22.6. The summed E-state index contributed by atoms with van der Waals surface area (Å²) in [7, 11) is 0. The second kappa shape index (κ2) is 63.4. The molecule has 0 radical (unpaired) electrons. The largest absolute Gasteiger partial charge is 0.462 e.